The molecular formula is C19H12F5N5O3S. The summed E-state index contributed by atoms with van der Waals surface area (Å²) in [6.45, 7) is -0.437. The number of halogens is 5. The normalized spacial score (nSPS) is 16.7. The highest BCUT2D eigenvalue weighted by molar-refractivity contribution is 7.11. The molecule has 3 aromatic heterocycles. The van der Waals surface area contributed by atoms with Crippen LogP contribution >= 0.6 is 11.3 Å². The summed E-state index contributed by atoms with van der Waals surface area (Å²) in [5.74, 6) is -4.92. The van der Waals surface area contributed by atoms with Crippen LogP contribution in [0.25, 0.3) is 22.4 Å². The molecule has 4 aromatic rings. The minimum Gasteiger partial charge on any atom is -0.407 e. The predicted molar refractivity (Wildman–Crippen MR) is 105 cm³/mol. The van der Waals surface area contributed by atoms with E-state index in [0.717, 1.165) is 11.1 Å². The molecule has 172 valence electrons. The van der Waals surface area contributed by atoms with Crippen molar-refractivity contribution < 1.29 is 31.2 Å². The van der Waals surface area contributed by atoms with Gasteiger partial charge in [0, 0.05) is 24.2 Å². The van der Waals surface area contributed by atoms with Crippen molar-refractivity contribution in [3.63, 3.8) is 0 Å². The van der Waals surface area contributed by atoms with Crippen molar-refractivity contribution >= 4 is 28.3 Å². The van der Waals surface area contributed by atoms with Gasteiger partial charge in [0.15, 0.2) is 10.6 Å². The Morgan fingerprint density at radius 2 is 1.97 bits per heavy atom. The molecule has 33 heavy (non-hydrogen) atoms. The molecule has 1 atom stereocenters. The highest BCUT2D eigenvalue weighted by atomic mass is 32.1. The minimum absolute atomic E-state index is 0.0657. The largest absolute Gasteiger partial charge is 0.443 e. The van der Waals surface area contributed by atoms with Crippen molar-refractivity contribution in [2.45, 2.75) is 25.1 Å². The van der Waals surface area contributed by atoms with Crippen LogP contribution in [0.3, 0.4) is 0 Å². The van der Waals surface area contributed by atoms with Gasteiger partial charge >= 0.3 is 11.9 Å². The van der Waals surface area contributed by atoms with Gasteiger partial charge in [0.05, 0.1) is 23.0 Å². The van der Waals surface area contributed by atoms with E-state index < -0.39 is 41.4 Å². The Hall–Kier alpha value is -3.55. The van der Waals surface area contributed by atoms with Gasteiger partial charge in [0.1, 0.15) is 11.4 Å². The zero-order chi connectivity index (χ0) is 23.7. The zero-order valence-electron chi connectivity index (χ0n) is 16.5. The minimum atomic E-state index is -4.74. The van der Waals surface area contributed by atoms with Crippen LogP contribution in [-0.2, 0) is 6.18 Å². The van der Waals surface area contributed by atoms with E-state index in [1.165, 1.54) is 6.07 Å². The van der Waals surface area contributed by atoms with Gasteiger partial charge in [-0.1, -0.05) is 6.07 Å². The van der Waals surface area contributed by atoms with Crippen molar-refractivity contribution in [3.05, 3.63) is 56.1 Å². The molecule has 1 aliphatic rings. The third kappa shape index (κ3) is 3.50. The number of nitrogens with zero attached hydrogens (tertiary/aromatic N) is 3. The predicted octanol–water partition coefficient (Wildman–Crippen LogP) is 4.19. The van der Waals surface area contributed by atoms with Gasteiger partial charge < -0.3 is 9.32 Å². The molecule has 1 unspecified atom stereocenters. The average Bonchev–Trinajstić information content (AvgIpc) is 3.45. The number of nitrogens with one attached hydrogen (secondary N) is 2. The Labute approximate surface area is 184 Å². The van der Waals surface area contributed by atoms with Gasteiger partial charge in [-0.15, -0.1) is 11.3 Å². The van der Waals surface area contributed by atoms with Crippen LogP contribution in [0.2, 0.25) is 0 Å². The molecule has 2 N–H and O–H groups in total. The van der Waals surface area contributed by atoms with E-state index in [1.807, 2.05) is 0 Å². The smallest absolute Gasteiger partial charge is 0.407 e. The van der Waals surface area contributed by atoms with Gasteiger partial charge in [-0.05, 0) is 12.1 Å². The van der Waals surface area contributed by atoms with Crippen molar-refractivity contribution in [3.8, 4) is 11.3 Å². The van der Waals surface area contributed by atoms with Crippen molar-refractivity contribution in [2.75, 3.05) is 6.54 Å². The quantitative estimate of drug-likeness (QED) is 0.422. The van der Waals surface area contributed by atoms with Crippen LogP contribution in [0.5, 0.6) is 0 Å². The lowest BCUT2D eigenvalue weighted by Gasteiger charge is -2.27. The summed E-state index contributed by atoms with van der Waals surface area (Å²) in [5, 5.41) is 5.43. The summed E-state index contributed by atoms with van der Waals surface area (Å²) in [5.41, 5.74) is 0.716. The van der Waals surface area contributed by atoms with Crippen LogP contribution in [-0.4, -0.2) is 43.4 Å². The molecule has 4 heterocycles. The first kappa shape index (κ1) is 21.3. The highest BCUT2D eigenvalue weighted by Crippen LogP contribution is 2.47. The number of H-pyrrole nitrogens is 2. The van der Waals surface area contributed by atoms with Crippen molar-refractivity contribution in [1.82, 2.24) is 25.1 Å². The van der Waals surface area contributed by atoms with E-state index >= 15 is 0 Å². The van der Waals surface area contributed by atoms with Crippen LogP contribution in [0.1, 0.15) is 38.9 Å². The molecule has 1 aromatic carbocycles. The summed E-state index contributed by atoms with van der Waals surface area (Å²) in [6, 6.07) is 3.36. The molecule has 5 rings (SSSR count). The van der Waals surface area contributed by atoms with E-state index in [4.69, 9.17) is 4.42 Å². The first-order valence-electron chi connectivity index (χ1n) is 9.36. The number of hydrogen-bond acceptors (Lipinski definition) is 6. The molecule has 0 spiro atoms. The Morgan fingerprint density at radius 1 is 1.21 bits per heavy atom. The maximum Gasteiger partial charge on any atom is 0.443 e. The molecule has 14 heteroatoms. The number of alkyl halides is 5. The molecule has 0 saturated carbocycles. The molecule has 8 nitrogen and oxygen atoms in total. The number of rotatable bonds is 4. The summed E-state index contributed by atoms with van der Waals surface area (Å²) < 4.78 is 72.5. The fourth-order valence-corrected chi connectivity index (χ4v) is 4.77. The van der Waals surface area contributed by atoms with E-state index in [-0.39, 0.29) is 44.3 Å². The van der Waals surface area contributed by atoms with E-state index in [2.05, 4.69) is 20.2 Å². The Bertz CT molecular complexity index is 1440. The van der Waals surface area contributed by atoms with Crippen LogP contribution < -0.4 is 5.76 Å². The molecule has 0 radical (unpaired) electrons. The van der Waals surface area contributed by atoms with Gasteiger partial charge in [-0.2, -0.15) is 18.3 Å². The third-order valence-corrected chi connectivity index (χ3v) is 6.14. The number of hydrogen-bond donors (Lipinski definition) is 2. The Balaban J connectivity index is 1.72. The number of carbonyl (C=O) groups excluding carboxylic acids is 1. The van der Waals surface area contributed by atoms with Gasteiger partial charge in [-0.3, -0.25) is 14.9 Å². The molecular weight excluding hydrogens is 473 g/mol. The molecule has 1 aliphatic heterocycles. The number of thiazole rings is 1. The number of aromatic amines is 2. The fraction of sp³-hybridized carbons (Fsp3) is 0.263. The standard InChI is InChI=1S/C19H12F5N5O3S/c1-18(20,21)6-29-13(9-5-25-16(33-9)19(22,23)24)10-11(27-28-12(10)15(29)30)7-3-2-4-8-14(7)32-17(31)26-8/h2-5,13H,6H2,1H3,(H,26,31)(H,27,28). The van der Waals surface area contributed by atoms with Crippen molar-refractivity contribution in [1.29, 1.82) is 0 Å². The monoisotopic (exact) mass is 485 g/mol. The maximum atomic E-state index is 13.9. The number of carbonyl (C=O) groups is 1. The fourth-order valence-electron chi connectivity index (χ4n) is 3.86. The van der Waals surface area contributed by atoms with Crippen molar-refractivity contribution in [2.24, 2.45) is 0 Å². The molecule has 0 bridgehead atoms. The summed E-state index contributed by atoms with van der Waals surface area (Å²) in [4.78, 5) is 31.2. The summed E-state index contributed by atoms with van der Waals surface area (Å²) in [7, 11) is 0. The zero-order valence-corrected chi connectivity index (χ0v) is 17.3. The van der Waals surface area contributed by atoms with E-state index in [9.17, 15) is 31.5 Å². The molecule has 0 aliphatic carbocycles. The topological polar surface area (TPSA) is 108 Å². The first-order chi connectivity index (χ1) is 15.4. The van der Waals surface area contributed by atoms with Gasteiger partial charge in [0.2, 0.25) is 0 Å². The SMILES string of the molecule is CC(F)(F)CN1C(=O)c2[nH]nc(-c3cccc4[nH]c(=O)oc34)c2C1c1cnc(C(F)(F)F)s1. The number of para-hydroxylation sites is 1. The lowest BCUT2D eigenvalue weighted by Crippen LogP contribution is -2.38. The van der Waals surface area contributed by atoms with E-state index in [1.54, 1.807) is 12.1 Å². The number of oxazole rings is 1. The second-order valence-corrected chi connectivity index (χ2v) is 8.59. The van der Waals surface area contributed by atoms with Gasteiger partial charge in [-0.25, -0.2) is 18.6 Å². The van der Waals surface area contributed by atoms with E-state index in [0.29, 0.717) is 12.4 Å². The lowest BCUT2D eigenvalue weighted by molar-refractivity contribution is -0.137. The Kier molecular flexibility index (Phi) is 4.50. The number of fused-ring (bicyclic) bond motifs is 2. The second kappa shape index (κ2) is 6.97. The summed E-state index contributed by atoms with van der Waals surface area (Å²) >= 11 is 0.251. The average molecular weight is 485 g/mol. The third-order valence-electron chi connectivity index (χ3n) is 5.05. The maximum absolute atomic E-state index is 13.9. The second-order valence-electron chi connectivity index (χ2n) is 7.53. The Morgan fingerprint density at radius 3 is 2.64 bits per heavy atom. The van der Waals surface area contributed by atoms with Crippen LogP contribution in [0.4, 0.5) is 22.0 Å². The number of amides is 1. The molecule has 0 fully saturated rings. The summed E-state index contributed by atoms with van der Waals surface area (Å²) in [6.07, 6.45) is -3.83. The van der Waals surface area contributed by atoms with Gasteiger partial charge in [0.25, 0.3) is 11.8 Å². The van der Waals surface area contributed by atoms with Crippen LogP contribution in [0, 0.1) is 0 Å². The molecule has 1 amide bonds. The van der Waals surface area contributed by atoms with Crippen LogP contribution in [0.15, 0.2) is 33.6 Å². The first-order valence-corrected chi connectivity index (χ1v) is 10.2. The highest BCUT2D eigenvalue weighted by Gasteiger charge is 2.47. The number of benzene rings is 1. The molecule has 0 saturated heterocycles. The number of aromatic nitrogens is 4. The lowest BCUT2D eigenvalue weighted by atomic mass is 10.0.